The third-order valence-electron chi connectivity index (χ3n) is 7.51. The maximum absolute atomic E-state index is 6.18. The van der Waals surface area contributed by atoms with Crippen LogP contribution in [0.4, 0.5) is 17.6 Å². The van der Waals surface area contributed by atoms with Gasteiger partial charge < -0.3 is 30.9 Å². The van der Waals surface area contributed by atoms with Gasteiger partial charge in [-0.25, -0.2) is 0 Å². The van der Waals surface area contributed by atoms with Crippen LogP contribution < -0.4 is 21.3 Å². The van der Waals surface area contributed by atoms with Crippen molar-refractivity contribution in [3.8, 4) is 0 Å². The first-order valence-corrected chi connectivity index (χ1v) is 13.0. The monoisotopic (exact) mass is 490 g/mol. The van der Waals surface area contributed by atoms with E-state index in [1.807, 2.05) is 6.21 Å². The van der Waals surface area contributed by atoms with Crippen molar-refractivity contribution >= 4 is 29.4 Å². The molecule has 36 heavy (non-hydrogen) atoms. The highest BCUT2D eigenvalue weighted by Crippen LogP contribution is 2.31. The lowest BCUT2D eigenvalue weighted by Crippen LogP contribution is -2.45. The lowest BCUT2D eigenvalue weighted by atomic mass is 9.91. The Hall–Kier alpha value is -3.17. The number of likely N-dealkylation sites (N-methyl/N-ethyl adjacent to an activating group) is 1. The van der Waals surface area contributed by atoms with E-state index in [1.54, 1.807) is 6.20 Å². The molecule has 2 fully saturated rings. The number of hydrogen-bond donors (Lipinski definition) is 2. The van der Waals surface area contributed by atoms with E-state index in [9.17, 15) is 0 Å². The minimum atomic E-state index is 0.231. The normalized spacial score (nSPS) is 23.4. The second kappa shape index (κ2) is 10.8. The molecule has 3 aliphatic heterocycles. The van der Waals surface area contributed by atoms with E-state index in [0.29, 0.717) is 18.5 Å². The smallest absolute Gasteiger partial charge is 0.223 e. The molecule has 0 spiro atoms. The van der Waals surface area contributed by atoms with Crippen molar-refractivity contribution in [1.82, 2.24) is 14.9 Å². The third-order valence-corrected chi connectivity index (χ3v) is 7.51. The molecule has 2 unspecified atom stereocenters. The minimum Gasteiger partial charge on any atom is -0.404 e. The number of anilines is 3. The Morgan fingerprint density at radius 1 is 1.14 bits per heavy atom. The molecule has 2 saturated heterocycles. The largest absolute Gasteiger partial charge is 0.404 e. The highest BCUT2D eigenvalue weighted by Gasteiger charge is 2.26. The summed E-state index contributed by atoms with van der Waals surface area (Å²) in [6.07, 6.45) is 6.88. The van der Waals surface area contributed by atoms with Crippen molar-refractivity contribution in [2.24, 2.45) is 10.7 Å². The van der Waals surface area contributed by atoms with Crippen molar-refractivity contribution in [1.29, 1.82) is 0 Å². The fourth-order valence-corrected chi connectivity index (χ4v) is 5.28. The molecule has 0 radical (unpaired) electrons. The van der Waals surface area contributed by atoms with E-state index in [1.165, 1.54) is 11.1 Å². The number of nitrogen functional groups attached to an aromatic ring is 1. The summed E-state index contributed by atoms with van der Waals surface area (Å²) in [5.41, 5.74) is 16.8. The van der Waals surface area contributed by atoms with Gasteiger partial charge in [0.1, 0.15) is 11.6 Å². The molecule has 5 rings (SSSR count). The van der Waals surface area contributed by atoms with Crippen molar-refractivity contribution in [2.75, 3.05) is 61.9 Å². The molecule has 2 aromatic rings. The van der Waals surface area contributed by atoms with Gasteiger partial charge in [0.25, 0.3) is 0 Å². The SMILES string of the molecule is CC1Cc2ccc(/C(C=NCC3CCCO3)=C/N)cc2CN1c1cc(N2CCN(C)CC2)nc(N)n1. The van der Waals surface area contributed by atoms with Gasteiger partial charge in [-0.1, -0.05) is 12.1 Å². The van der Waals surface area contributed by atoms with Gasteiger partial charge in [0.2, 0.25) is 5.95 Å². The zero-order valence-electron chi connectivity index (χ0n) is 21.4. The highest BCUT2D eigenvalue weighted by molar-refractivity contribution is 6.09. The summed E-state index contributed by atoms with van der Waals surface area (Å²) in [5.74, 6) is 2.12. The Balaban J connectivity index is 1.34. The van der Waals surface area contributed by atoms with Crippen LogP contribution in [0.2, 0.25) is 0 Å². The molecule has 9 nitrogen and oxygen atoms in total. The number of ether oxygens (including phenoxy) is 1. The van der Waals surface area contributed by atoms with Crippen LogP contribution >= 0.6 is 0 Å². The molecule has 0 amide bonds. The Kier molecular flexibility index (Phi) is 7.38. The average molecular weight is 491 g/mol. The number of nitrogens with zero attached hydrogens (tertiary/aromatic N) is 6. The fraction of sp³-hybridized carbons (Fsp3) is 0.519. The molecular formula is C27H38N8O. The number of nitrogens with two attached hydrogens (primary N) is 2. The number of hydrogen-bond acceptors (Lipinski definition) is 9. The molecule has 1 aromatic heterocycles. The van der Waals surface area contributed by atoms with E-state index < -0.39 is 0 Å². The number of allylic oxidation sites excluding steroid dienone is 1. The summed E-state index contributed by atoms with van der Waals surface area (Å²) in [4.78, 5) is 20.8. The van der Waals surface area contributed by atoms with Crippen LogP contribution in [0.3, 0.4) is 0 Å². The van der Waals surface area contributed by atoms with Crippen LogP contribution in [0.1, 0.15) is 36.5 Å². The fourth-order valence-electron chi connectivity index (χ4n) is 5.28. The lowest BCUT2D eigenvalue weighted by molar-refractivity contribution is 0.118. The van der Waals surface area contributed by atoms with E-state index in [0.717, 1.165) is 81.4 Å². The molecule has 9 heteroatoms. The summed E-state index contributed by atoms with van der Waals surface area (Å²) in [6.45, 7) is 8.44. The maximum atomic E-state index is 6.18. The first-order valence-electron chi connectivity index (χ1n) is 13.0. The van der Waals surface area contributed by atoms with Gasteiger partial charge in [-0.05, 0) is 56.0 Å². The molecular weight excluding hydrogens is 452 g/mol. The molecule has 1 aromatic carbocycles. The van der Waals surface area contributed by atoms with Crippen molar-refractivity contribution in [2.45, 2.75) is 44.9 Å². The maximum Gasteiger partial charge on any atom is 0.223 e. The number of rotatable bonds is 6. The number of aromatic nitrogens is 2. The van der Waals surface area contributed by atoms with Crippen molar-refractivity contribution in [3.05, 3.63) is 47.2 Å². The van der Waals surface area contributed by atoms with Gasteiger partial charge in [-0.3, -0.25) is 4.99 Å². The molecule has 2 atom stereocenters. The molecule has 4 heterocycles. The number of aliphatic imine (C=N–C) groups is 1. The van der Waals surface area contributed by atoms with Crippen molar-refractivity contribution in [3.63, 3.8) is 0 Å². The quantitative estimate of drug-likeness (QED) is 0.594. The molecule has 0 bridgehead atoms. The van der Waals surface area contributed by atoms with Crippen LogP contribution in [0.25, 0.3) is 5.57 Å². The zero-order valence-corrected chi connectivity index (χ0v) is 21.4. The summed E-state index contributed by atoms with van der Waals surface area (Å²) in [7, 11) is 2.15. The predicted molar refractivity (Wildman–Crippen MR) is 146 cm³/mol. The van der Waals surface area contributed by atoms with E-state index in [2.05, 4.69) is 67.9 Å². The van der Waals surface area contributed by atoms with Crippen molar-refractivity contribution < 1.29 is 4.74 Å². The standard InChI is InChI=1S/C27H38N8O/c1-19-12-20-5-6-21(23(15-28)16-30-17-24-4-3-11-36-24)13-22(20)18-35(19)26-14-25(31-27(29)32-26)34-9-7-33(2)8-10-34/h5-6,13-16,19,24H,3-4,7-12,17-18,28H2,1-2H3,(H2,29,31,32)/b23-15+,30-16?. The van der Waals surface area contributed by atoms with Crippen LogP contribution in [0, 0.1) is 0 Å². The Bertz CT molecular complexity index is 1120. The Labute approximate surface area is 213 Å². The number of benzene rings is 1. The van der Waals surface area contributed by atoms with Crippen LogP contribution in [-0.4, -0.2) is 79.6 Å². The van der Waals surface area contributed by atoms with E-state index >= 15 is 0 Å². The highest BCUT2D eigenvalue weighted by atomic mass is 16.5. The topological polar surface area (TPSA) is 109 Å². The molecule has 4 N–H and O–H groups in total. The second-order valence-corrected chi connectivity index (χ2v) is 10.1. The number of piperazine rings is 1. The van der Waals surface area contributed by atoms with Gasteiger partial charge in [0.05, 0.1) is 12.6 Å². The van der Waals surface area contributed by atoms with Gasteiger partial charge in [-0.15, -0.1) is 0 Å². The molecule has 0 saturated carbocycles. The van der Waals surface area contributed by atoms with Gasteiger partial charge >= 0.3 is 0 Å². The Morgan fingerprint density at radius 3 is 2.69 bits per heavy atom. The molecule has 0 aliphatic carbocycles. The summed E-state index contributed by atoms with van der Waals surface area (Å²) in [5, 5.41) is 0. The van der Waals surface area contributed by atoms with Gasteiger partial charge in [-0.2, -0.15) is 9.97 Å². The first kappa shape index (κ1) is 24.5. The zero-order chi connectivity index (χ0) is 25.1. The first-order chi connectivity index (χ1) is 17.5. The van der Waals surface area contributed by atoms with Gasteiger partial charge in [0.15, 0.2) is 0 Å². The summed E-state index contributed by atoms with van der Waals surface area (Å²) in [6, 6.07) is 8.99. The Morgan fingerprint density at radius 2 is 1.94 bits per heavy atom. The van der Waals surface area contributed by atoms with Crippen LogP contribution in [0.5, 0.6) is 0 Å². The third kappa shape index (κ3) is 5.47. The molecule has 192 valence electrons. The summed E-state index contributed by atoms with van der Waals surface area (Å²) >= 11 is 0. The van der Waals surface area contributed by atoms with Crippen LogP contribution in [-0.2, 0) is 17.7 Å². The summed E-state index contributed by atoms with van der Waals surface area (Å²) < 4.78 is 5.68. The number of fused-ring (bicyclic) bond motifs is 1. The van der Waals surface area contributed by atoms with Gasteiger partial charge in [0, 0.05) is 69.4 Å². The van der Waals surface area contributed by atoms with Crippen LogP contribution in [0.15, 0.2) is 35.5 Å². The minimum absolute atomic E-state index is 0.231. The molecule has 3 aliphatic rings. The lowest BCUT2D eigenvalue weighted by Gasteiger charge is -2.37. The predicted octanol–water partition coefficient (Wildman–Crippen LogP) is 2.31. The van der Waals surface area contributed by atoms with E-state index in [4.69, 9.17) is 16.2 Å². The second-order valence-electron chi connectivity index (χ2n) is 10.1. The average Bonchev–Trinajstić information content (AvgIpc) is 3.40. The van der Waals surface area contributed by atoms with E-state index in [-0.39, 0.29) is 6.10 Å².